The zero-order valence-electron chi connectivity index (χ0n) is 34.8. The molecule has 4 N–H and O–H groups in total. The van der Waals surface area contributed by atoms with Gasteiger partial charge in [-0.05, 0) is 13.0 Å². The number of hydrogen-bond acceptors (Lipinski definition) is 18. The van der Waals surface area contributed by atoms with Crippen molar-refractivity contribution in [3.63, 3.8) is 0 Å². The van der Waals surface area contributed by atoms with Crippen LogP contribution in [0.3, 0.4) is 0 Å². The summed E-state index contributed by atoms with van der Waals surface area (Å²) < 4.78 is 30.4. The number of rotatable bonds is 10. The molecule has 2 aromatic carbocycles. The van der Waals surface area contributed by atoms with E-state index in [2.05, 4.69) is 0 Å². The lowest BCUT2D eigenvalue weighted by Crippen LogP contribution is -2.62. The summed E-state index contributed by atoms with van der Waals surface area (Å²) >= 11 is 0. The fourth-order valence-corrected chi connectivity index (χ4v) is 10.3. The highest BCUT2D eigenvalue weighted by molar-refractivity contribution is 6.31. The molecule has 5 amide bonds. The number of aliphatic hydroxyl groups excluding tert-OH is 1. The van der Waals surface area contributed by atoms with Gasteiger partial charge in [0.1, 0.15) is 42.2 Å². The van der Waals surface area contributed by atoms with Crippen LogP contribution < -0.4 is 4.74 Å². The van der Waals surface area contributed by atoms with Gasteiger partial charge in [-0.25, -0.2) is 0 Å². The number of carbonyl (C=O) groups is 8. The van der Waals surface area contributed by atoms with Crippen LogP contribution in [-0.4, -0.2) is 170 Å². The Balaban J connectivity index is 0.944. The first kappa shape index (κ1) is 43.3. The molecule has 0 bridgehead atoms. The molecule has 7 aliphatic rings. The molecule has 21 nitrogen and oxygen atoms in total. The van der Waals surface area contributed by atoms with Crippen molar-refractivity contribution in [3.8, 4) is 17.2 Å². The molecular weight excluding hydrogens is 844 g/mol. The van der Waals surface area contributed by atoms with Gasteiger partial charge in [0.2, 0.25) is 23.5 Å². The molecule has 4 saturated heterocycles. The van der Waals surface area contributed by atoms with Crippen molar-refractivity contribution < 1.29 is 82.5 Å². The molecule has 0 saturated carbocycles. The summed E-state index contributed by atoms with van der Waals surface area (Å²) in [6, 6.07) is 3.89. The van der Waals surface area contributed by atoms with Gasteiger partial charge in [0, 0.05) is 87.2 Å². The molecule has 9 atom stereocenters. The molecule has 2 aromatic rings. The number of Topliss-reactive ketones (excluding diaryl/α,β-unsaturated/α-hetero) is 1. The number of fused-ring (bicyclic) bond motifs is 6. The summed E-state index contributed by atoms with van der Waals surface area (Å²) in [7, 11) is 2.70. The van der Waals surface area contributed by atoms with Crippen LogP contribution in [-0.2, 0) is 54.1 Å². The molecule has 5 aliphatic heterocycles. The molecular formula is C43H44N4O17. The summed E-state index contributed by atoms with van der Waals surface area (Å²) in [5.41, 5.74) is -3.99. The highest BCUT2D eigenvalue weighted by Crippen LogP contribution is 2.53. The Hall–Kier alpha value is -5.94. The molecule has 4 fully saturated rings. The predicted octanol–water partition coefficient (Wildman–Crippen LogP) is -0.829. The molecule has 5 heterocycles. The number of ether oxygens (including phenoxy) is 5. The largest absolute Gasteiger partial charge is 0.507 e. The second-order valence-corrected chi connectivity index (χ2v) is 16.9. The van der Waals surface area contributed by atoms with E-state index in [-0.39, 0.29) is 60.4 Å². The summed E-state index contributed by atoms with van der Waals surface area (Å²) in [5, 5.41) is 45.2. The van der Waals surface area contributed by atoms with Crippen molar-refractivity contribution in [2.45, 2.75) is 87.7 Å². The van der Waals surface area contributed by atoms with E-state index < -0.39 is 150 Å². The quantitative estimate of drug-likeness (QED) is 0.143. The number of benzene rings is 2. The number of imide groups is 2. The molecule has 64 heavy (non-hydrogen) atoms. The van der Waals surface area contributed by atoms with E-state index in [4.69, 9.17) is 23.7 Å². The molecule has 21 heteroatoms. The number of phenols is 2. The number of methoxy groups -OCH3 is 2. The van der Waals surface area contributed by atoms with Crippen molar-refractivity contribution in [2.24, 2.45) is 5.92 Å². The van der Waals surface area contributed by atoms with Gasteiger partial charge >= 0.3 is 0 Å². The number of likely N-dealkylation sites (tertiary alicyclic amines) is 1. The van der Waals surface area contributed by atoms with E-state index in [1.54, 1.807) is 6.92 Å². The van der Waals surface area contributed by atoms with Gasteiger partial charge in [0.25, 0.3) is 11.8 Å². The third-order valence-electron chi connectivity index (χ3n) is 13.4. The third-order valence-corrected chi connectivity index (χ3v) is 13.4. The molecule has 0 radical (unpaired) electrons. The lowest BCUT2D eigenvalue weighted by Gasteiger charge is -2.45. The number of piperazine rings is 1. The normalized spacial score (nSPS) is 31.0. The Bertz CT molecular complexity index is 2450. The van der Waals surface area contributed by atoms with Crippen LogP contribution in [0, 0.1) is 5.92 Å². The first-order valence-electron chi connectivity index (χ1n) is 20.7. The molecule has 2 aliphatic carbocycles. The van der Waals surface area contributed by atoms with Gasteiger partial charge < -0.3 is 49.0 Å². The van der Waals surface area contributed by atoms with Crippen LogP contribution in [0.5, 0.6) is 17.2 Å². The maximum atomic E-state index is 14.1. The summed E-state index contributed by atoms with van der Waals surface area (Å²) in [6.45, 7) is 0.463. The van der Waals surface area contributed by atoms with Crippen LogP contribution in [0.1, 0.15) is 81.7 Å². The van der Waals surface area contributed by atoms with E-state index in [9.17, 15) is 58.8 Å². The summed E-state index contributed by atoms with van der Waals surface area (Å²) in [5.74, 6) is -8.20. The van der Waals surface area contributed by atoms with Crippen molar-refractivity contribution in [2.75, 3.05) is 40.6 Å². The lowest BCUT2D eigenvalue weighted by molar-refractivity contribution is -0.248. The minimum Gasteiger partial charge on any atom is -0.507 e. The van der Waals surface area contributed by atoms with E-state index >= 15 is 0 Å². The number of ketones is 3. The Morgan fingerprint density at radius 1 is 0.922 bits per heavy atom. The van der Waals surface area contributed by atoms with Crippen LogP contribution in [0.4, 0.5) is 0 Å². The maximum absolute atomic E-state index is 14.1. The zero-order valence-corrected chi connectivity index (χ0v) is 34.8. The molecule has 0 spiro atoms. The van der Waals surface area contributed by atoms with Gasteiger partial charge in [0.15, 0.2) is 30.3 Å². The van der Waals surface area contributed by atoms with Crippen LogP contribution in [0.15, 0.2) is 30.4 Å². The number of hydrogen-bond donors (Lipinski definition) is 4. The van der Waals surface area contributed by atoms with E-state index in [1.165, 1.54) is 37.3 Å². The van der Waals surface area contributed by atoms with Gasteiger partial charge in [-0.15, -0.1) is 0 Å². The number of phenolic OH excluding ortho intramolecular Hbond substituents is 2. The Morgan fingerprint density at radius 3 is 2.33 bits per heavy atom. The fourth-order valence-electron chi connectivity index (χ4n) is 10.3. The third kappa shape index (κ3) is 6.63. The van der Waals surface area contributed by atoms with Gasteiger partial charge in [0.05, 0.1) is 41.9 Å². The van der Waals surface area contributed by atoms with Crippen molar-refractivity contribution in [1.82, 2.24) is 19.6 Å². The molecule has 9 rings (SSSR count). The zero-order chi connectivity index (χ0) is 45.7. The van der Waals surface area contributed by atoms with E-state index in [1.807, 2.05) is 4.90 Å². The molecule has 0 aromatic heterocycles. The average Bonchev–Trinajstić information content (AvgIpc) is 3.90. The predicted molar refractivity (Wildman–Crippen MR) is 210 cm³/mol. The summed E-state index contributed by atoms with van der Waals surface area (Å²) in [6.07, 6.45) is -5.32. The SMILES string of the molecule is COc1cccc2c1C(=O)c1c(O)c3c(c(O)c1C2=O)C[C@@](O)(C(=O)CO)C[C@@H]3O[C@H]1C[C@H]2[C@H](O[C@@H]3C(OC)N(C(=O)CC4CC(=O)N(CN5C(=O)C=CC5=O)C4=O)CCN32)[C@H](C)O1. The van der Waals surface area contributed by atoms with Gasteiger partial charge in [-0.2, -0.15) is 0 Å². The topological polar surface area (TPSA) is 277 Å². The van der Waals surface area contributed by atoms with E-state index in [0.717, 1.165) is 22.0 Å². The number of amides is 5. The molecule has 2 unspecified atom stereocenters. The molecule has 338 valence electrons. The number of aliphatic hydroxyl groups is 2. The first-order chi connectivity index (χ1) is 30.5. The monoisotopic (exact) mass is 888 g/mol. The fraction of sp³-hybridized carbons (Fsp3) is 0.488. The Morgan fingerprint density at radius 2 is 1.64 bits per heavy atom. The number of aromatic hydroxyl groups is 2. The van der Waals surface area contributed by atoms with Gasteiger partial charge in [-0.1, -0.05) is 12.1 Å². The Kier molecular flexibility index (Phi) is 10.8. The second-order valence-electron chi connectivity index (χ2n) is 16.9. The second kappa shape index (κ2) is 15.9. The highest BCUT2D eigenvalue weighted by Gasteiger charge is 2.57. The Labute approximate surface area is 363 Å². The standard InChI is InChI=1S/C43H44N4O17/c1-18-39-22(44-9-10-45(41(61-3)42(44)64-39)28(52)11-19-12-29(53)47(40(19)58)17-46-26(50)7-8-27(46)51)13-30(62-18)63-24-15-43(59,25(49)16-48)14-21-32(24)38(57)34-33(36(21)55)35(54)20-5-4-6-23(60-2)31(20)37(34)56/h4-8,18-19,22,24,30,39,41-42,48,55,57,59H,9-17H2,1-3H3/t18-,19?,22-,24-,30-,39+,41?,42+,43-/m0/s1. The lowest BCUT2D eigenvalue weighted by atomic mass is 9.72. The number of nitrogens with zero attached hydrogens (tertiary/aromatic N) is 4. The maximum Gasteiger partial charge on any atom is 0.255 e. The summed E-state index contributed by atoms with van der Waals surface area (Å²) in [4.78, 5) is 110. The van der Waals surface area contributed by atoms with E-state index in [0.29, 0.717) is 0 Å². The van der Waals surface area contributed by atoms with Gasteiger partial charge in [-0.3, -0.25) is 53.1 Å². The number of carbonyl (C=O) groups excluding carboxylic acids is 8. The minimum atomic E-state index is -2.34. The van der Waals surface area contributed by atoms with Crippen LogP contribution in [0.25, 0.3) is 0 Å². The van der Waals surface area contributed by atoms with Crippen molar-refractivity contribution in [1.29, 1.82) is 0 Å². The smallest absolute Gasteiger partial charge is 0.255 e. The minimum absolute atomic E-state index is 0.0587. The van der Waals surface area contributed by atoms with Crippen molar-refractivity contribution in [3.05, 3.63) is 63.7 Å². The first-order valence-corrected chi connectivity index (χ1v) is 20.7. The highest BCUT2D eigenvalue weighted by atomic mass is 16.7. The average molecular weight is 889 g/mol. The van der Waals surface area contributed by atoms with Crippen LogP contribution >= 0.6 is 0 Å². The van der Waals surface area contributed by atoms with Crippen molar-refractivity contribution >= 4 is 46.9 Å². The van der Waals surface area contributed by atoms with Crippen LogP contribution in [0.2, 0.25) is 0 Å².